The maximum Gasteiger partial charge on any atom is 0.118 e. The van der Waals surface area contributed by atoms with Gasteiger partial charge >= 0.3 is 0 Å². The predicted molar refractivity (Wildman–Crippen MR) is 95.2 cm³/mol. The van der Waals surface area contributed by atoms with Crippen LogP contribution in [-0.2, 0) is 4.74 Å². The standard InChI is InChI=1S/C20H28O2/c1-6-20(4,15-7-9-17(2)3)22-16-8-10-18-11-13-19(21-5)14-12-18/h6,8-14H,1,7,15-16H2,2-5H3/b10-8+. The summed E-state index contributed by atoms with van der Waals surface area (Å²) >= 11 is 0. The van der Waals surface area contributed by atoms with Gasteiger partial charge in [-0.1, -0.05) is 42.0 Å². The van der Waals surface area contributed by atoms with E-state index in [-0.39, 0.29) is 5.60 Å². The van der Waals surface area contributed by atoms with Crippen LogP contribution in [0.4, 0.5) is 0 Å². The lowest BCUT2D eigenvalue weighted by molar-refractivity contribution is 0.0183. The van der Waals surface area contributed by atoms with Gasteiger partial charge in [0, 0.05) is 0 Å². The third-order valence-electron chi connectivity index (χ3n) is 3.56. The van der Waals surface area contributed by atoms with Gasteiger partial charge in [-0.2, -0.15) is 0 Å². The highest BCUT2D eigenvalue weighted by atomic mass is 16.5. The molecule has 2 nitrogen and oxygen atoms in total. The predicted octanol–water partition coefficient (Wildman–Crippen LogP) is 5.42. The zero-order valence-corrected chi connectivity index (χ0v) is 14.3. The van der Waals surface area contributed by atoms with Crippen molar-refractivity contribution >= 4 is 6.08 Å². The minimum absolute atomic E-state index is 0.282. The molecule has 0 aliphatic heterocycles. The summed E-state index contributed by atoms with van der Waals surface area (Å²) in [6.07, 6.45) is 10.2. The van der Waals surface area contributed by atoms with Crippen molar-refractivity contribution in [1.82, 2.24) is 0 Å². The highest BCUT2D eigenvalue weighted by Crippen LogP contribution is 2.20. The molecule has 0 saturated heterocycles. The van der Waals surface area contributed by atoms with Gasteiger partial charge in [-0.05, 0) is 51.3 Å². The Hall–Kier alpha value is -1.80. The molecule has 0 saturated carbocycles. The topological polar surface area (TPSA) is 18.5 Å². The van der Waals surface area contributed by atoms with Crippen LogP contribution in [0.1, 0.15) is 39.2 Å². The minimum Gasteiger partial charge on any atom is -0.497 e. The first kappa shape index (κ1) is 18.2. The van der Waals surface area contributed by atoms with E-state index in [1.165, 1.54) is 5.57 Å². The maximum atomic E-state index is 5.97. The van der Waals surface area contributed by atoms with Crippen LogP contribution < -0.4 is 4.74 Å². The Morgan fingerprint density at radius 1 is 1.23 bits per heavy atom. The van der Waals surface area contributed by atoms with Gasteiger partial charge in [0.15, 0.2) is 0 Å². The molecular weight excluding hydrogens is 272 g/mol. The molecule has 0 N–H and O–H groups in total. The minimum atomic E-state index is -0.282. The number of ether oxygens (including phenoxy) is 2. The molecule has 2 heteroatoms. The molecule has 1 atom stereocenters. The van der Waals surface area contributed by atoms with Crippen LogP contribution in [-0.4, -0.2) is 19.3 Å². The molecule has 0 aromatic heterocycles. The van der Waals surface area contributed by atoms with E-state index >= 15 is 0 Å². The van der Waals surface area contributed by atoms with E-state index in [4.69, 9.17) is 9.47 Å². The lowest BCUT2D eigenvalue weighted by Gasteiger charge is -2.25. The number of benzene rings is 1. The maximum absolute atomic E-state index is 5.97. The van der Waals surface area contributed by atoms with E-state index in [1.807, 2.05) is 36.4 Å². The van der Waals surface area contributed by atoms with Crippen LogP contribution in [0.25, 0.3) is 6.08 Å². The molecule has 0 aliphatic rings. The SMILES string of the molecule is C=CC(C)(CCC=C(C)C)OC/C=C/c1ccc(OC)cc1. The molecule has 0 heterocycles. The molecule has 1 aromatic rings. The largest absolute Gasteiger partial charge is 0.497 e. The number of allylic oxidation sites excluding steroid dienone is 2. The third kappa shape index (κ3) is 6.77. The number of hydrogen-bond donors (Lipinski definition) is 0. The second kappa shape index (κ2) is 9.26. The molecule has 0 spiro atoms. The van der Waals surface area contributed by atoms with Gasteiger partial charge in [0.1, 0.15) is 5.75 Å². The molecule has 120 valence electrons. The van der Waals surface area contributed by atoms with Gasteiger partial charge in [-0.15, -0.1) is 6.58 Å². The van der Waals surface area contributed by atoms with Gasteiger partial charge in [-0.3, -0.25) is 0 Å². The van der Waals surface area contributed by atoms with Gasteiger partial charge in [0.05, 0.1) is 19.3 Å². The first-order chi connectivity index (χ1) is 10.5. The highest BCUT2D eigenvalue weighted by molar-refractivity contribution is 5.50. The van der Waals surface area contributed by atoms with Crippen molar-refractivity contribution in [3.05, 3.63) is 60.2 Å². The van der Waals surface area contributed by atoms with E-state index in [0.717, 1.165) is 24.2 Å². The van der Waals surface area contributed by atoms with Gasteiger partial charge in [0.25, 0.3) is 0 Å². The molecule has 1 unspecified atom stereocenters. The molecule has 0 bridgehead atoms. The van der Waals surface area contributed by atoms with Gasteiger partial charge < -0.3 is 9.47 Å². The van der Waals surface area contributed by atoms with E-state index in [0.29, 0.717) is 6.61 Å². The number of methoxy groups -OCH3 is 1. The average Bonchev–Trinajstić information content (AvgIpc) is 2.52. The number of rotatable bonds is 9. The summed E-state index contributed by atoms with van der Waals surface area (Å²) in [6, 6.07) is 7.95. The first-order valence-electron chi connectivity index (χ1n) is 7.70. The molecule has 0 radical (unpaired) electrons. The van der Waals surface area contributed by atoms with E-state index in [2.05, 4.69) is 39.5 Å². The first-order valence-corrected chi connectivity index (χ1v) is 7.70. The Kier molecular flexibility index (Phi) is 7.69. The van der Waals surface area contributed by atoms with Crippen LogP contribution in [0.2, 0.25) is 0 Å². The summed E-state index contributed by atoms with van der Waals surface area (Å²) in [6.45, 7) is 10.8. The summed E-state index contributed by atoms with van der Waals surface area (Å²) in [5, 5.41) is 0. The van der Waals surface area contributed by atoms with Gasteiger partial charge in [-0.25, -0.2) is 0 Å². The molecule has 1 rings (SSSR count). The molecule has 0 amide bonds. The fraction of sp³-hybridized carbons (Fsp3) is 0.400. The Morgan fingerprint density at radius 2 is 1.91 bits per heavy atom. The highest BCUT2D eigenvalue weighted by Gasteiger charge is 2.18. The zero-order valence-electron chi connectivity index (χ0n) is 14.3. The van der Waals surface area contributed by atoms with E-state index in [1.54, 1.807) is 7.11 Å². The van der Waals surface area contributed by atoms with Crippen LogP contribution >= 0.6 is 0 Å². The van der Waals surface area contributed by atoms with Crippen LogP contribution in [0.5, 0.6) is 5.75 Å². The van der Waals surface area contributed by atoms with Gasteiger partial charge in [0.2, 0.25) is 0 Å². The van der Waals surface area contributed by atoms with Crippen molar-refractivity contribution in [3.63, 3.8) is 0 Å². The Morgan fingerprint density at radius 3 is 2.45 bits per heavy atom. The van der Waals surface area contributed by atoms with Crippen molar-refractivity contribution in [3.8, 4) is 5.75 Å². The van der Waals surface area contributed by atoms with Crippen molar-refractivity contribution in [1.29, 1.82) is 0 Å². The van der Waals surface area contributed by atoms with Crippen LogP contribution in [0.3, 0.4) is 0 Å². The smallest absolute Gasteiger partial charge is 0.118 e. The summed E-state index contributed by atoms with van der Waals surface area (Å²) in [5.74, 6) is 0.868. The fourth-order valence-electron chi connectivity index (χ4n) is 2.02. The second-order valence-corrected chi connectivity index (χ2v) is 5.82. The van der Waals surface area contributed by atoms with Crippen molar-refractivity contribution in [2.75, 3.05) is 13.7 Å². The van der Waals surface area contributed by atoms with E-state index in [9.17, 15) is 0 Å². The lowest BCUT2D eigenvalue weighted by Crippen LogP contribution is -2.25. The summed E-state index contributed by atoms with van der Waals surface area (Å²) in [4.78, 5) is 0. The Bertz CT molecular complexity index is 507. The van der Waals surface area contributed by atoms with E-state index < -0.39 is 0 Å². The molecule has 0 aliphatic carbocycles. The average molecular weight is 300 g/mol. The zero-order chi connectivity index (χ0) is 16.4. The third-order valence-corrected chi connectivity index (χ3v) is 3.56. The fourth-order valence-corrected chi connectivity index (χ4v) is 2.02. The Balaban J connectivity index is 2.46. The molecule has 1 aromatic carbocycles. The Labute approximate surface area is 135 Å². The quantitative estimate of drug-likeness (QED) is 0.567. The van der Waals surface area contributed by atoms with Crippen molar-refractivity contribution in [2.24, 2.45) is 0 Å². The molecule has 22 heavy (non-hydrogen) atoms. The van der Waals surface area contributed by atoms with Crippen LogP contribution in [0, 0.1) is 0 Å². The summed E-state index contributed by atoms with van der Waals surface area (Å²) in [5.41, 5.74) is 2.19. The van der Waals surface area contributed by atoms with Crippen molar-refractivity contribution in [2.45, 2.75) is 39.2 Å². The number of hydrogen-bond acceptors (Lipinski definition) is 2. The summed E-state index contributed by atoms with van der Waals surface area (Å²) in [7, 11) is 1.67. The summed E-state index contributed by atoms with van der Waals surface area (Å²) < 4.78 is 11.1. The molecular formula is C20H28O2. The molecule has 0 fully saturated rings. The normalized spacial score (nSPS) is 13.6. The van der Waals surface area contributed by atoms with Crippen molar-refractivity contribution < 1.29 is 9.47 Å². The lowest BCUT2D eigenvalue weighted by atomic mass is 9.99. The second-order valence-electron chi connectivity index (χ2n) is 5.82. The monoisotopic (exact) mass is 300 g/mol. The van der Waals surface area contributed by atoms with Crippen LogP contribution in [0.15, 0.2) is 54.6 Å².